The normalized spacial score (nSPS) is 13.1. The lowest BCUT2D eigenvalue weighted by molar-refractivity contribution is 0.237. The molecule has 1 unspecified atom stereocenters. The first-order valence-electron chi connectivity index (χ1n) is 6.91. The number of nitrogens with one attached hydrogen (secondary N) is 1. The number of hydrogen-bond donors (Lipinski definition) is 1. The van der Waals surface area contributed by atoms with Gasteiger partial charge in [0.2, 0.25) is 0 Å². The highest BCUT2D eigenvalue weighted by atomic mass is 16.5. The maximum absolute atomic E-state index is 5.73. The molecule has 0 aliphatic rings. The van der Waals surface area contributed by atoms with E-state index in [0.29, 0.717) is 6.04 Å². The summed E-state index contributed by atoms with van der Waals surface area (Å²) >= 11 is 0. The Morgan fingerprint density at radius 3 is 2.16 bits per heavy atom. The van der Waals surface area contributed by atoms with Gasteiger partial charge in [-0.1, -0.05) is 20.8 Å². The molecule has 1 aromatic rings. The second-order valence-electron chi connectivity index (χ2n) is 5.87. The van der Waals surface area contributed by atoms with Crippen LogP contribution in [0.5, 0.6) is 11.5 Å². The van der Waals surface area contributed by atoms with Crippen molar-refractivity contribution in [2.75, 3.05) is 20.8 Å². The summed E-state index contributed by atoms with van der Waals surface area (Å²) < 4.78 is 10.8. The van der Waals surface area contributed by atoms with Crippen molar-refractivity contribution in [3.8, 4) is 11.5 Å². The van der Waals surface area contributed by atoms with E-state index in [1.54, 1.807) is 7.11 Å². The van der Waals surface area contributed by atoms with Crippen LogP contribution in [0.2, 0.25) is 0 Å². The smallest absolute Gasteiger partial charge is 0.119 e. The molecule has 1 N–H and O–H groups in total. The molecule has 0 spiro atoms. The van der Waals surface area contributed by atoms with Gasteiger partial charge in [-0.15, -0.1) is 0 Å². The third-order valence-electron chi connectivity index (χ3n) is 3.36. The molecule has 0 amide bonds. The molecule has 3 heteroatoms. The number of ether oxygens (including phenoxy) is 2. The summed E-state index contributed by atoms with van der Waals surface area (Å²) in [5, 5.41) is 3.38. The minimum atomic E-state index is 0.287. The highest BCUT2D eigenvalue weighted by Crippen LogP contribution is 2.23. The van der Waals surface area contributed by atoms with Crippen LogP contribution in [-0.4, -0.2) is 26.8 Å². The van der Waals surface area contributed by atoms with E-state index in [-0.39, 0.29) is 5.41 Å². The summed E-state index contributed by atoms with van der Waals surface area (Å²) in [6.45, 7) is 7.54. The van der Waals surface area contributed by atoms with E-state index in [1.165, 1.54) is 0 Å². The Labute approximate surface area is 117 Å². The van der Waals surface area contributed by atoms with E-state index in [0.717, 1.165) is 30.9 Å². The molecule has 0 saturated carbocycles. The third kappa shape index (κ3) is 5.52. The molecule has 0 aromatic heterocycles. The monoisotopic (exact) mass is 265 g/mol. The van der Waals surface area contributed by atoms with Crippen LogP contribution in [0.25, 0.3) is 0 Å². The molecule has 1 aromatic carbocycles. The van der Waals surface area contributed by atoms with Crippen LogP contribution in [-0.2, 0) is 0 Å². The van der Waals surface area contributed by atoms with Crippen LogP contribution in [0.15, 0.2) is 24.3 Å². The maximum Gasteiger partial charge on any atom is 0.119 e. The lowest BCUT2D eigenvalue weighted by Crippen LogP contribution is -2.38. The predicted molar refractivity (Wildman–Crippen MR) is 80.0 cm³/mol. The van der Waals surface area contributed by atoms with E-state index < -0.39 is 0 Å². The summed E-state index contributed by atoms with van der Waals surface area (Å²) in [6.07, 6.45) is 2.17. The van der Waals surface area contributed by atoms with Crippen LogP contribution in [0.1, 0.15) is 33.6 Å². The standard InChI is InChI=1S/C16H27NO2/c1-16(2,3)15(17-4)7-6-12-19-14-10-8-13(18-5)9-11-14/h8-11,15,17H,6-7,12H2,1-5H3. The first-order chi connectivity index (χ1) is 8.97. The van der Waals surface area contributed by atoms with Crippen molar-refractivity contribution in [1.29, 1.82) is 0 Å². The molecular weight excluding hydrogens is 238 g/mol. The zero-order chi connectivity index (χ0) is 14.3. The molecule has 0 aliphatic carbocycles. The fraction of sp³-hybridized carbons (Fsp3) is 0.625. The van der Waals surface area contributed by atoms with Crippen molar-refractivity contribution in [2.45, 2.75) is 39.7 Å². The van der Waals surface area contributed by atoms with Gasteiger partial charge in [-0.2, -0.15) is 0 Å². The molecule has 108 valence electrons. The Bertz CT molecular complexity index is 354. The first-order valence-corrected chi connectivity index (χ1v) is 6.91. The molecule has 1 rings (SSSR count). The molecule has 0 aliphatic heterocycles. The average molecular weight is 265 g/mol. The van der Waals surface area contributed by atoms with Gasteiger partial charge in [0.05, 0.1) is 13.7 Å². The zero-order valence-corrected chi connectivity index (χ0v) is 12.8. The Kier molecular flexibility index (Phi) is 6.16. The molecule has 1 atom stereocenters. The SMILES string of the molecule is CNC(CCCOc1ccc(OC)cc1)C(C)(C)C. The van der Waals surface area contributed by atoms with Crippen molar-refractivity contribution in [1.82, 2.24) is 5.32 Å². The molecule has 3 nitrogen and oxygen atoms in total. The van der Waals surface area contributed by atoms with Crippen LogP contribution >= 0.6 is 0 Å². The highest BCUT2D eigenvalue weighted by Gasteiger charge is 2.22. The predicted octanol–water partition coefficient (Wildman–Crippen LogP) is 3.49. The van der Waals surface area contributed by atoms with E-state index in [4.69, 9.17) is 9.47 Å². The van der Waals surface area contributed by atoms with Gasteiger partial charge in [0.15, 0.2) is 0 Å². The largest absolute Gasteiger partial charge is 0.497 e. The van der Waals surface area contributed by atoms with Gasteiger partial charge < -0.3 is 14.8 Å². The van der Waals surface area contributed by atoms with Crippen molar-refractivity contribution in [3.05, 3.63) is 24.3 Å². The van der Waals surface area contributed by atoms with Gasteiger partial charge in [-0.05, 0) is 49.6 Å². The minimum absolute atomic E-state index is 0.287. The number of rotatable bonds is 7. The van der Waals surface area contributed by atoms with Crippen molar-refractivity contribution in [3.63, 3.8) is 0 Å². The lowest BCUT2D eigenvalue weighted by Gasteiger charge is -2.30. The van der Waals surface area contributed by atoms with E-state index in [2.05, 4.69) is 26.1 Å². The summed E-state index contributed by atoms with van der Waals surface area (Å²) in [7, 11) is 3.69. The third-order valence-corrected chi connectivity index (χ3v) is 3.36. The summed E-state index contributed by atoms with van der Waals surface area (Å²) in [4.78, 5) is 0. The van der Waals surface area contributed by atoms with Crippen LogP contribution in [0.4, 0.5) is 0 Å². The second-order valence-corrected chi connectivity index (χ2v) is 5.87. The number of benzene rings is 1. The Morgan fingerprint density at radius 1 is 1.11 bits per heavy atom. The molecule has 0 saturated heterocycles. The second kappa shape index (κ2) is 7.39. The molecule has 0 heterocycles. The van der Waals surface area contributed by atoms with E-state index in [9.17, 15) is 0 Å². The first kappa shape index (κ1) is 15.8. The van der Waals surface area contributed by atoms with E-state index in [1.807, 2.05) is 31.3 Å². The fourth-order valence-corrected chi connectivity index (χ4v) is 2.16. The summed E-state index contributed by atoms with van der Waals surface area (Å²) in [5.41, 5.74) is 0.287. The lowest BCUT2D eigenvalue weighted by atomic mass is 9.84. The van der Waals surface area contributed by atoms with Crippen LogP contribution < -0.4 is 14.8 Å². The van der Waals surface area contributed by atoms with Crippen LogP contribution in [0.3, 0.4) is 0 Å². The molecule has 0 fully saturated rings. The van der Waals surface area contributed by atoms with Crippen molar-refractivity contribution >= 4 is 0 Å². The van der Waals surface area contributed by atoms with Gasteiger partial charge in [0, 0.05) is 6.04 Å². The average Bonchev–Trinajstić information content (AvgIpc) is 2.38. The van der Waals surface area contributed by atoms with Crippen molar-refractivity contribution in [2.24, 2.45) is 5.41 Å². The molecular formula is C16H27NO2. The maximum atomic E-state index is 5.73. The Hall–Kier alpha value is -1.22. The van der Waals surface area contributed by atoms with E-state index >= 15 is 0 Å². The number of hydrogen-bond acceptors (Lipinski definition) is 3. The Balaban J connectivity index is 2.30. The fourth-order valence-electron chi connectivity index (χ4n) is 2.16. The van der Waals surface area contributed by atoms with Gasteiger partial charge >= 0.3 is 0 Å². The Morgan fingerprint density at radius 2 is 1.68 bits per heavy atom. The van der Waals surface area contributed by atoms with Gasteiger partial charge in [-0.25, -0.2) is 0 Å². The number of methoxy groups -OCH3 is 1. The molecule has 0 bridgehead atoms. The molecule has 0 radical (unpaired) electrons. The van der Waals surface area contributed by atoms with Gasteiger partial charge in [-0.3, -0.25) is 0 Å². The van der Waals surface area contributed by atoms with Gasteiger partial charge in [0.25, 0.3) is 0 Å². The summed E-state index contributed by atoms with van der Waals surface area (Å²) in [6, 6.07) is 8.24. The minimum Gasteiger partial charge on any atom is -0.497 e. The topological polar surface area (TPSA) is 30.5 Å². The summed E-state index contributed by atoms with van der Waals surface area (Å²) in [5.74, 6) is 1.76. The molecule has 19 heavy (non-hydrogen) atoms. The van der Waals surface area contributed by atoms with Crippen LogP contribution in [0, 0.1) is 5.41 Å². The van der Waals surface area contributed by atoms with Gasteiger partial charge in [0.1, 0.15) is 11.5 Å². The van der Waals surface area contributed by atoms with Crippen molar-refractivity contribution < 1.29 is 9.47 Å². The highest BCUT2D eigenvalue weighted by molar-refractivity contribution is 5.31. The quantitative estimate of drug-likeness (QED) is 0.766. The zero-order valence-electron chi connectivity index (χ0n) is 12.8.